The van der Waals surface area contributed by atoms with E-state index in [4.69, 9.17) is 9.47 Å². The Labute approximate surface area is 114 Å². The molecule has 1 saturated carbocycles. The van der Waals surface area contributed by atoms with E-state index < -0.39 is 6.10 Å². The van der Waals surface area contributed by atoms with Gasteiger partial charge < -0.3 is 14.6 Å². The molecule has 2 fully saturated rings. The summed E-state index contributed by atoms with van der Waals surface area (Å²) < 4.78 is 11.0. The number of ether oxygens (including phenoxy) is 2. The molecular formula is C16H22O3. The van der Waals surface area contributed by atoms with Gasteiger partial charge in [0.15, 0.2) is 0 Å². The van der Waals surface area contributed by atoms with Gasteiger partial charge in [0.25, 0.3) is 0 Å². The van der Waals surface area contributed by atoms with E-state index in [9.17, 15) is 5.11 Å². The highest BCUT2D eigenvalue weighted by Gasteiger charge is 2.32. The normalized spacial score (nSPS) is 25.0. The quantitative estimate of drug-likeness (QED) is 0.829. The van der Waals surface area contributed by atoms with E-state index in [0.29, 0.717) is 12.5 Å². The molecule has 3 heteroatoms. The zero-order chi connectivity index (χ0) is 13.1. The number of rotatable bonds is 5. The average molecular weight is 262 g/mol. The minimum absolute atomic E-state index is 0.0198. The summed E-state index contributed by atoms with van der Waals surface area (Å²) >= 11 is 0. The van der Waals surface area contributed by atoms with Gasteiger partial charge in [-0.05, 0) is 36.5 Å². The number of benzene rings is 1. The molecule has 104 valence electrons. The molecule has 1 unspecified atom stereocenters. The minimum atomic E-state index is -0.516. The van der Waals surface area contributed by atoms with Crippen molar-refractivity contribution in [3.05, 3.63) is 29.8 Å². The summed E-state index contributed by atoms with van der Waals surface area (Å²) in [6, 6.07) is 7.78. The van der Waals surface area contributed by atoms with Gasteiger partial charge in [-0.3, -0.25) is 0 Å². The van der Waals surface area contributed by atoms with Crippen LogP contribution in [-0.4, -0.2) is 24.4 Å². The molecule has 1 N–H and O–H groups in total. The van der Waals surface area contributed by atoms with E-state index in [2.05, 4.69) is 0 Å². The fraction of sp³-hybridized carbons (Fsp3) is 0.625. The topological polar surface area (TPSA) is 42.0 Å². The van der Waals surface area contributed by atoms with E-state index in [1.165, 1.54) is 32.1 Å². The maximum absolute atomic E-state index is 10.0. The highest BCUT2D eigenvalue weighted by atomic mass is 16.6. The van der Waals surface area contributed by atoms with Crippen molar-refractivity contribution in [2.45, 2.75) is 44.3 Å². The molecule has 1 aromatic carbocycles. The lowest BCUT2D eigenvalue weighted by molar-refractivity contribution is 0.136. The van der Waals surface area contributed by atoms with Crippen molar-refractivity contribution in [2.24, 2.45) is 5.92 Å². The summed E-state index contributed by atoms with van der Waals surface area (Å²) in [5, 5.41) is 10.0. The van der Waals surface area contributed by atoms with Gasteiger partial charge in [0.05, 0.1) is 13.2 Å². The second-order valence-electron chi connectivity index (χ2n) is 5.70. The molecule has 1 aliphatic carbocycles. The van der Waals surface area contributed by atoms with Gasteiger partial charge >= 0.3 is 0 Å². The van der Waals surface area contributed by atoms with Crippen LogP contribution in [0.2, 0.25) is 0 Å². The second-order valence-corrected chi connectivity index (χ2v) is 5.70. The molecule has 1 aliphatic heterocycles. The van der Waals surface area contributed by atoms with Gasteiger partial charge in [-0.25, -0.2) is 0 Å². The minimum Gasteiger partial charge on any atom is -0.493 e. The van der Waals surface area contributed by atoms with Crippen LogP contribution in [0.1, 0.15) is 43.8 Å². The number of aliphatic hydroxyl groups excluding tert-OH is 1. The molecule has 2 atom stereocenters. The molecular weight excluding hydrogens is 240 g/mol. The van der Waals surface area contributed by atoms with Crippen molar-refractivity contribution >= 4 is 0 Å². The van der Waals surface area contributed by atoms with Crippen molar-refractivity contribution < 1.29 is 14.6 Å². The molecule has 19 heavy (non-hydrogen) atoms. The third-order valence-corrected chi connectivity index (χ3v) is 4.12. The van der Waals surface area contributed by atoms with Crippen molar-refractivity contribution in [3.63, 3.8) is 0 Å². The molecule has 0 aromatic heterocycles. The summed E-state index contributed by atoms with van der Waals surface area (Å²) in [6.45, 7) is 1.47. The zero-order valence-electron chi connectivity index (χ0n) is 11.3. The fourth-order valence-corrected chi connectivity index (χ4v) is 2.81. The Balaban J connectivity index is 1.56. The maximum Gasteiger partial charge on any atom is 0.119 e. The van der Waals surface area contributed by atoms with Crippen LogP contribution in [0.4, 0.5) is 0 Å². The van der Waals surface area contributed by atoms with E-state index in [1.54, 1.807) is 0 Å². The van der Waals surface area contributed by atoms with Crippen molar-refractivity contribution in [2.75, 3.05) is 13.2 Å². The Hall–Kier alpha value is -1.06. The predicted octanol–water partition coefficient (Wildman–Crippen LogP) is 3.08. The number of hydrogen-bond acceptors (Lipinski definition) is 3. The monoisotopic (exact) mass is 262 g/mol. The van der Waals surface area contributed by atoms with Crippen LogP contribution in [0.15, 0.2) is 24.3 Å². The van der Waals surface area contributed by atoms with Gasteiger partial charge in [-0.2, -0.15) is 0 Å². The smallest absolute Gasteiger partial charge is 0.119 e. The molecule has 0 bridgehead atoms. The van der Waals surface area contributed by atoms with E-state index in [1.807, 2.05) is 24.3 Å². The van der Waals surface area contributed by atoms with Crippen LogP contribution in [0.25, 0.3) is 0 Å². The van der Waals surface area contributed by atoms with Gasteiger partial charge in [0.1, 0.15) is 18.0 Å². The van der Waals surface area contributed by atoms with Gasteiger partial charge in [0.2, 0.25) is 0 Å². The molecule has 3 rings (SSSR count). The molecule has 3 nitrogen and oxygen atoms in total. The summed E-state index contributed by atoms with van der Waals surface area (Å²) in [5.41, 5.74) is 0.892. The van der Waals surface area contributed by atoms with E-state index in [0.717, 1.165) is 17.9 Å². The molecule has 0 radical (unpaired) electrons. The first-order valence-corrected chi connectivity index (χ1v) is 7.35. The Kier molecular flexibility index (Phi) is 4.04. The summed E-state index contributed by atoms with van der Waals surface area (Å²) in [7, 11) is 0. The predicted molar refractivity (Wildman–Crippen MR) is 73.2 cm³/mol. The number of aliphatic hydroxyl groups is 1. The molecule has 1 aromatic rings. The Morgan fingerprint density at radius 2 is 2.05 bits per heavy atom. The first kappa shape index (κ1) is 12.9. The highest BCUT2D eigenvalue weighted by molar-refractivity contribution is 5.30. The van der Waals surface area contributed by atoms with Crippen LogP contribution < -0.4 is 4.74 Å². The van der Waals surface area contributed by atoms with Gasteiger partial charge in [-0.1, -0.05) is 31.4 Å². The van der Waals surface area contributed by atoms with E-state index in [-0.39, 0.29) is 6.10 Å². The van der Waals surface area contributed by atoms with Crippen LogP contribution in [0.3, 0.4) is 0 Å². The van der Waals surface area contributed by atoms with Crippen molar-refractivity contribution in [3.8, 4) is 5.75 Å². The molecule has 0 amide bonds. The maximum atomic E-state index is 10.0. The third-order valence-electron chi connectivity index (χ3n) is 4.12. The Bertz CT molecular complexity index is 408. The molecule has 2 aliphatic rings. The van der Waals surface area contributed by atoms with Crippen molar-refractivity contribution in [1.82, 2.24) is 0 Å². The lowest BCUT2D eigenvalue weighted by Crippen LogP contribution is -2.15. The largest absolute Gasteiger partial charge is 0.493 e. The van der Waals surface area contributed by atoms with Crippen molar-refractivity contribution in [1.29, 1.82) is 0 Å². The van der Waals surface area contributed by atoms with Gasteiger partial charge in [0, 0.05) is 0 Å². The highest BCUT2D eigenvalue weighted by Crippen LogP contribution is 2.30. The first-order valence-electron chi connectivity index (χ1n) is 7.35. The standard InChI is InChI=1S/C16H22O3/c17-16(15-11-19-15)13-7-4-8-14(9-13)18-10-12-5-2-1-3-6-12/h4,7-9,12,15-17H,1-3,5-6,10-11H2/t15-,16?/m1/s1. The van der Waals surface area contributed by atoms with Crippen LogP contribution in [0, 0.1) is 5.92 Å². The lowest BCUT2D eigenvalue weighted by Gasteiger charge is -2.22. The Morgan fingerprint density at radius 1 is 1.26 bits per heavy atom. The molecule has 0 spiro atoms. The summed E-state index contributed by atoms with van der Waals surface area (Å²) in [6.07, 6.45) is 6.10. The zero-order valence-corrected chi connectivity index (χ0v) is 11.3. The second kappa shape index (κ2) is 5.93. The summed E-state index contributed by atoms with van der Waals surface area (Å²) in [4.78, 5) is 0. The first-order chi connectivity index (χ1) is 9.33. The van der Waals surface area contributed by atoms with Gasteiger partial charge in [-0.15, -0.1) is 0 Å². The van der Waals surface area contributed by atoms with E-state index >= 15 is 0 Å². The SMILES string of the molecule is OC(c1cccc(OCC2CCCCC2)c1)[C@H]1CO1. The fourth-order valence-electron chi connectivity index (χ4n) is 2.81. The number of epoxide rings is 1. The lowest BCUT2D eigenvalue weighted by atomic mass is 9.90. The van der Waals surface area contributed by atoms with Crippen LogP contribution >= 0.6 is 0 Å². The molecule has 1 heterocycles. The average Bonchev–Trinajstić information content (AvgIpc) is 3.30. The Morgan fingerprint density at radius 3 is 2.79 bits per heavy atom. The number of hydrogen-bond donors (Lipinski definition) is 1. The van der Waals surface area contributed by atoms with Crippen LogP contribution in [-0.2, 0) is 4.74 Å². The molecule has 1 saturated heterocycles. The third kappa shape index (κ3) is 3.48. The summed E-state index contributed by atoms with van der Waals surface area (Å²) in [5.74, 6) is 1.57. The van der Waals surface area contributed by atoms with Crippen LogP contribution in [0.5, 0.6) is 5.75 Å².